The Balaban J connectivity index is 1.97. The first-order chi connectivity index (χ1) is 9.50. The van der Waals surface area contributed by atoms with E-state index in [1.165, 1.54) is 17.0 Å². The van der Waals surface area contributed by atoms with Gasteiger partial charge in [-0.15, -0.1) is 0 Å². The Morgan fingerprint density at radius 1 is 1.30 bits per heavy atom. The molecule has 4 nitrogen and oxygen atoms in total. The van der Waals surface area contributed by atoms with Crippen LogP contribution in [0.3, 0.4) is 0 Å². The Labute approximate surface area is 122 Å². The zero-order valence-corrected chi connectivity index (χ0v) is 13.2. The fourth-order valence-corrected chi connectivity index (χ4v) is 3.21. The molecule has 1 aromatic heterocycles. The highest BCUT2D eigenvalue weighted by Crippen LogP contribution is 2.21. The van der Waals surface area contributed by atoms with E-state index in [4.69, 9.17) is 0 Å². The van der Waals surface area contributed by atoms with Crippen molar-refractivity contribution in [2.45, 2.75) is 46.6 Å². The van der Waals surface area contributed by atoms with E-state index in [-0.39, 0.29) is 0 Å². The van der Waals surface area contributed by atoms with Gasteiger partial charge in [0.05, 0.1) is 0 Å². The van der Waals surface area contributed by atoms with Gasteiger partial charge in [0.2, 0.25) is 5.91 Å². The maximum absolute atomic E-state index is 12.2. The molecule has 112 valence electrons. The molecule has 1 saturated heterocycles. The highest BCUT2D eigenvalue weighted by Gasteiger charge is 2.17. The molecule has 0 radical (unpaired) electrons. The monoisotopic (exact) mass is 277 g/mol. The van der Waals surface area contributed by atoms with Gasteiger partial charge >= 0.3 is 0 Å². The number of amides is 1. The van der Waals surface area contributed by atoms with Crippen LogP contribution < -0.4 is 5.32 Å². The minimum absolute atomic E-state index is 0.292. The Hall–Kier alpha value is -1.29. The van der Waals surface area contributed by atoms with Gasteiger partial charge in [0.25, 0.3) is 0 Å². The standard InChI is InChI=1S/C16H27N3O/c1-12(2)19-13(3)11-15(14(19)4)5-6-16(20)18-9-7-17-8-10-18/h11-12,17H,5-10H2,1-4H3. The van der Waals surface area contributed by atoms with Crippen molar-refractivity contribution in [3.05, 3.63) is 23.0 Å². The molecule has 20 heavy (non-hydrogen) atoms. The summed E-state index contributed by atoms with van der Waals surface area (Å²) in [5.74, 6) is 0.292. The van der Waals surface area contributed by atoms with Crippen LogP contribution in [-0.2, 0) is 11.2 Å². The van der Waals surface area contributed by atoms with Crippen molar-refractivity contribution < 1.29 is 4.79 Å². The summed E-state index contributed by atoms with van der Waals surface area (Å²) >= 11 is 0. The van der Waals surface area contributed by atoms with Crippen LogP contribution in [0.1, 0.15) is 43.3 Å². The number of carbonyl (C=O) groups is 1. The number of nitrogens with zero attached hydrogens (tertiary/aromatic N) is 2. The van der Waals surface area contributed by atoms with Gasteiger partial charge in [0.15, 0.2) is 0 Å². The van der Waals surface area contributed by atoms with Crippen LogP contribution in [0.2, 0.25) is 0 Å². The summed E-state index contributed by atoms with van der Waals surface area (Å²) in [6, 6.07) is 2.72. The molecule has 0 spiro atoms. The number of carbonyl (C=O) groups excluding carboxylic acids is 1. The van der Waals surface area contributed by atoms with Gasteiger partial charge < -0.3 is 14.8 Å². The Morgan fingerprint density at radius 2 is 1.95 bits per heavy atom. The molecular formula is C16H27N3O. The number of hydrogen-bond donors (Lipinski definition) is 1. The minimum Gasteiger partial charge on any atom is -0.346 e. The number of rotatable bonds is 4. The molecular weight excluding hydrogens is 250 g/mol. The van der Waals surface area contributed by atoms with E-state index in [0.717, 1.165) is 32.6 Å². The summed E-state index contributed by atoms with van der Waals surface area (Å²) in [5.41, 5.74) is 3.92. The van der Waals surface area contributed by atoms with E-state index >= 15 is 0 Å². The molecule has 0 aromatic carbocycles. The maximum atomic E-state index is 12.2. The van der Waals surface area contributed by atoms with Crippen LogP contribution in [0.4, 0.5) is 0 Å². The predicted octanol–water partition coefficient (Wildman–Crippen LogP) is 2.05. The van der Waals surface area contributed by atoms with Crippen molar-refractivity contribution in [2.24, 2.45) is 0 Å². The number of piperazine rings is 1. The van der Waals surface area contributed by atoms with Gasteiger partial charge in [-0.3, -0.25) is 4.79 Å². The lowest BCUT2D eigenvalue weighted by molar-refractivity contribution is -0.131. The predicted molar refractivity (Wildman–Crippen MR) is 82.1 cm³/mol. The lowest BCUT2D eigenvalue weighted by atomic mass is 10.1. The second kappa shape index (κ2) is 6.44. The van der Waals surface area contributed by atoms with Gasteiger partial charge in [-0.2, -0.15) is 0 Å². The van der Waals surface area contributed by atoms with Gasteiger partial charge in [0, 0.05) is 50.0 Å². The molecule has 1 aromatic rings. The van der Waals surface area contributed by atoms with Crippen molar-refractivity contribution in [1.29, 1.82) is 0 Å². The Morgan fingerprint density at radius 3 is 2.50 bits per heavy atom. The zero-order chi connectivity index (χ0) is 14.7. The van der Waals surface area contributed by atoms with Crippen LogP contribution >= 0.6 is 0 Å². The van der Waals surface area contributed by atoms with Crippen LogP contribution in [0.25, 0.3) is 0 Å². The van der Waals surface area contributed by atoms with Crippen molar-refractivity contribution in [1.82, 2.24) is 14.8 Å². The number of aryl methyl sites for hydroxylation is 2. The number of nitrogens with one attached hydrogen (secondary N) is 1. The molecule has 0 aliphatic carbocycles. The fraction of sp³-hybridized carbons (Fsp3) is 0.688. The van der Waals surface area contributed by atoms with Gasteiger partial charge in [-0.1, -0.05) is 0 Å². The average molecular weight is 277 g/mol. The molecule has 0 bridgehead atoms. The molecule has 2 rings (SSSR count). The van der Waals surface area contributed by atoms with Crippen molar-refractivity contribution in [3.63, 3.8) is 0 Å². The molecule has 1 aliphatic rings. The van der Waals surface area contributed by atoms with E-state index in [1.54, 1.807) is 0 Å². The van der Waals surface area contributed by atoms with E-state index in [1.807, 2.05) is 4.90 Å². The molecule has 1 aliphatic heterocycles. The number of aromatic nitrogens is 1. The summed E-state index contributed by atoms with van der Waals surface area (Å²) in [7, 11) is 0. The van der Waals surface area contributed by atoms with E-state index in [0.29, 0.717) is 18.4 Å². The topological polar surface area (TPSA) is 37.3 Å². The largest absolute Gasteiger partial charge is 0.346 e. The smallest absolute Gasteiger partial charge is 0.222 e. The first-order valence-corrected chi connectivity index (χ1v) is 7.66. The fourth-order valence-electron chi connectivity index (χ4n) is 3.21. The lowest BCUT2D eigenvalue weighted by Crippen LogP contribution is -2.46. The summed E-state index contributed by atoms with van der Waals surface area (Å²) < 4.78 is 2.35. The van der Waals surface area contributed by atoms with Crippen LogP contribution in [0.5, 0.6) is 0 Å². The lowest BCUT2D eigenvalue weighted by Gasteiger charge is -2.27. The highest BCUT2D eigenvalue weighted by molar-refractivity contribution is 5.76. The first-order valence-electron chi connectivity index (χ1n) is 7.66. The van der Waals surface area contributed by atoms with E-state index in [9.17, 15) is 4.79 Å². The van der Waals surface area contributed by atoms with Crippen LogP contribution in [0, 0.1) is 13.8 Å². The second-order valence-corrected chi connectivity index (χ2v) is 5.99. The second-order valence-electron chi connectivity index (χ2n) is 5.99. The molecule has 1 fully saturated rings. The van der Waals surface area contributed by atoms with Gasteiger partial charge in [0.1, 0.15) is 0 Å². The molecule has 0 saturated carbocycles. The van der Waals surface area contributed by atoms with Crippen LogP contribution in [0.15, 0.2) is 6.07 Å². The van der Waals surface area contributed by atoms with Crippen molar-refractivity contribution in [2.75, 3.05) is 26.2 Å². The number of hydrogen-bond acceptors (Lipinski definition) is 2. The molecule has 1 amide bonds. The minimum atomic E-state index is 0.292. The first kappa shape index (κ1) is 15.1. The summed E-state index contributed by atoms with van der Waals surface area (Å²) in [6.45, 7) is 12.3. The third-order valence-electron chi connectivity index (χ3n) is 4.18. The van der Waals surface area contributed by atoms with E-state index < -0.39 is 0 Å². The molecule has 0 unspecified atom stereocenters. The Bertz CT molecular complexity index is 470. The molecule has 2 heterocycles. The zero-order valence-electron chi connectivity index (χ0n) is 13.2. The van der Waals surface area contributed by atoms with Gasteiger partial charge in [-0.25, -0.2) is 0 Å². The maximum Gasteiger partial charge on any atom is 0.222 e. The summed E-state index contributed by atoms with van der Waals surface area (Å²) in [6.07, 6.45) is 1.48. The van der Waals surface area contributed by atoms with E-state index in [2.05, 4.69) is 43.6 Å². The highest BCUT2D eigenvalue weighted by atomic mass is 16.2. The summed E-state index contributed by atoms with van der Waals surface area (Å²) in [4.78, 5) is 14.2. The third-order valence-corrected chi connectivity index (χ3v) is 4.18. The summed E-state index contributed by atoms with van der Waals surface area (Å²) in [5, 5.41) is 3.28. The molecule has 1 N–H and O–H groups in total. The SMILES string of the molecule is Cc1cc(CCC(=O)N2CCNCC2)c(C)n1C(C)C. The van der Waals surface area contributed by atoms with Crippen molar-refractivity contribution in [3.8, 4) is 0 Å². The Kier molecular flexibility index (Phi) is 4.86. The molecule has 0 atom stereocenters. The third kappa shape index (κ3) is 3.23. The molecule has 4 heteroatoms. The average Bonchev–Trinajstić information content (AvgIpc) is 2.71. The van der Waals surface area contributed by atoms with Gasteiger partial charge in [-0.05, 0) is 45.7 Å². The quantitative estimate of drug-likeness (QED) is 0.914. The van der Waals surface area contributed by atoms with Crippen molar-refractivity contribution >= 4 is 5.91 Å². The normalized spacial score (nSPS) is 15.9. The van der Waals surface area contributed by atoms with Crippen LogP contribution in [-0.4, -0.2) is 41.6 Å².